The predicted molar refractivity (Wildman–Crippen MR) is 144 cm³/mol. The summed E-state index contributed by atoms with van der Waals surface area (Å²) < 4.78 is 2.16. The summed E-state index contributed by atoms with van der Waals surface area (Å²) in [4.78, 5) is 6.55. The number of nitrogens with one attached hydrogen (secondary N) is 1. The summed E-state index contributed by atoms with van der Waals surface area (Å²) in [5.41, 5.74) is 3.44. The Morgan fingerprint density at radius 3 is 2.54 bits per heavy atom. The molecule has 1 aliphatic heterocycles. The highest BCUT2D eigenvalue weighted by Gasteiger charge is 2.43. The number of fused-ring (bicyclic) bond motifs is 1. The van der Waals surface area contributed by atoms with Gasteiger partial charge >= 0.3 is 0 Å². The minimum atomic E-state index is -0.289. The zero-order valence-corrected chi connectivity index (χ0v) is 20.1. The molecule has 5 nitrogen and oxygen atoms in total. The Kier molecular flexibility index (Phi) is 5.40. The van der Waals surface area contributed by atoms with Gasteiger partial charge in [0.25, 0.3) is 0 Å². The zero-order chi connectivity index (χ0) is 23.9. The van der Waals surface area contributed by atoms with Gasteiger partial charge in [-0.05, 0) is 77.6 Å². The van der Waals surface area contributed by atoms with E-state index in [2.05, 4.69) is 51.3 Å². The maximum atomic E-state index is 10.8. The van der Waals surface area contributed by atoms with E-state index in [1.165, 1.54) is 5.39 Å². The van der Waals surface area contributed by atoms with Crippen molar-refractivity contribution in [3.05, 3.63) is 120 Å². The number of pyridine rings is 1. The van der Waals surface area contributed by atoms with Gasteiger partial charge in [0.1, 0.15) is 11.8 Å². The van der Waals surface area contributed by atoms with Crippen LogP contribution in [0.15, 0.2) is 103 Å². The van der Waals surface area contributed by atoms with Crippen LogP contribution in [0.5, 0.6) is 5.75 Å². The highest BCUT2D eigenvalue weighted by Crippen LogP contribution is 2.45. The van der Waals surface area contributed by atoms with Gasteiger partial charge in [-0.1, -0.05) is 48.0 Å². The first-order valence-corrected chi connectivity index (χ1v) is 12.0. The SMILES string of the molecule is Oc1ccc(Cl)cc1N1C(=S)N[C@H](c2ccccn2)[C@@H]1c1cccn1-c1ccc2ccccc2c1. The largest absolute Gasteiger partial charge is 0.506 e. The first-order valence-electron chi connectivity index (χ1n) is 11.3. The summed E-state index contributed by atoms with van der Waals surface area (Å²) in [7, 11) is 0. The average Bonchev–Trinajstić information content (AvgIpc) is 3.50. The highest BCUT2D eigenvalue weighted by molar-refractivity contribution is 7.80. The monoisotopic (exact) mass is 496 g/mol. The lowest BCUT2D eigenvalue weighted by atomic mass is 10.0. The lowest BCUT2D eigenvalue weighted by Gasteiger charge is -2.29. The molecule has 3 heterocycles. The first-order chi connectivity index (χ1) is 17.1. The standard InChI is InChI=1S/C28H21ClN4OS/c29-20-11-13-25(34)24(17-20)33-27(26(31-28(33)35)22-8-3-4-14-30-22)23-9-5-15-32(23)21-12-10-18-6-1-2-7-19(18)16-21/h1-17,26-27,34H,(H,31,35)/t26-,27+/m1/s1. The van der Waals surface area contributed by atoms with Crippen molar-refractivity contribution < 1.29 is 5.11 Å². The molecule has 0 spiro atoms. The Bertz CT molecular complexity index is 1550. The van der Waals surface area contributed by atoms with Crippen LogP contribution >= 0.6 is 23.8 Å². The van der Waals surface area contributed by atoms with Crippen molar-refractivity contribution in [3.8, 4) is 11.4 Å². The van der Waals surface area contributed by atoms with E-state index in [1.807, 2.05) is 47.5 Å². The van der Waals surface area contributed by atoms with Crippen molar-refractivity contribution in [2.75, 3.05) is 4.90 Å². The maximum absolute atomic E-state index is 10.8. The molecule has 2 atom stereocenters. The van der Waals surface area contributed by atoms with Gasteiger partial charge in [0, 0.05) is 28.8 Å². The van der Waals surface area contributed by atoms with Crippen LogP contribution in [0.3, 0.4) is 0 Å². The van der Waals surface area contributed by atoms with E-state index in [-0.39, 0.29) is 17.8 Å². The van der Waals surface area contributed by atoms with E-state index in [1.54, 1.807) is 24.4 Å². The second-order valence-electron chi connectivity index (χ2n) is 8.46. The van der Waals surface area contributed by atoms with E-state index in [4.69, 9.17) is 23.8 Å². The fourth-order valence-electron chi connectivity index (χ4n) is 4.80. The van der Waals surface area contributed by atoms with Crippen LogP contribution in [0, 0.1) is 0 Å². The van der Waals surface area contributed by atoms with Crippen molar-refractivity contribution >= 4 is 45.4 Å². The summed E-state index contributed by atoms with van der Waals surface area (Å²) in [6.45, 7) is 0. The number of rotatable bonds is 4. The number of hydrogen-bond acceptors (Lipinski definition) is 3. The molecule has 1 aliphatic rings. The summed E-state index contributed by atoms with van der Waals surface area (Å²) >= 11 is 12.1. The number of nitrogens with zero attached hydrogens (tertiary/aromatic N) is 3. The van der Waals surface area contributed by atoms with Crippen molar-refractivity contribution in [3.63, 3.8) is 0 Å². The third kappa shape index (κ3) is 3.81. The minimum Gasteiger partial charge on any atom is -0.506 e. The van der Waals surface area contributed by atoms with Gasteiger partial charge in [-0.3, -0.25) is 4.98 Å². The van der Waals surface area contributed by atoms with E-state index in [0.29, 0.717) is 15.8 Å². The van der Waals surface area contributed by atoms with Crippen molar-refractivity contribution in [2.24, 2.45) is 0 Å². The van der Waals surface area contributed by atoms with Crippen LogP contribution in [-0.2, 0) is 0 Å². The summed E-state index contributed by atoms with van der Waals surface area (Å²) in [5, 5.41) is 17.6. The first kappa shape index (κ1) is 21.6. The molecule has 2 aromatic heterocycles. The van der Waals surface area contributed by atoms with Gasteiger partial charge in [0.2, 0.25) is 0 Å². The molecule has 35 heavy (non-hydrogen) atoms. The third-order valence-corrected chi connectivity index (χ3v) is 6.94. The van der Waals surface area contributed by atoms with Gasteiger partial charge < -0.3 is 19.9 Å². The fourth-order valence-corrected chi connectivity index (χ4v) is 5.31. The lowest BCUT2D eigenvalue weighted by molar-refractivity contribution is 0.472. The molecule has 1 saturated heterocycles. The maximum Gasteiger partial charge on any atom is 0.174 e. The Morgan fingerprint density at radius 2 is 1.71 bits per heavy atom. The van der Waals surface area contributed by atoms with Crippen LogP contribution in [0.2, 0.25) is 5.02 Å². The van der Waals surface area contributed by atoms with Crippen molar-refractivity contribution in [2.45, 2.75) is 12.1 Å². The molecule has 0 saturated carbocycles. The second kappa shape index (κ2) is 8.73. The molecule has 2 N–H and O–H groups in total. The third-order valence-electron chi connectivity index (χ3n) is 6.39. The molecule has 172 valence electrons. The van der Waals surface area contributed by atoms with Gasteiger partial charge in [0.15, 0.2) is 5.11 Å². The number of benzene rings is 3. The zero-order valence-electron chi connectivity index (χ0n) is 18.5. The minimum absolute atomic E-state index is 0.106. The number of aromatic hydroxyl groups is 1. The molecule has 6 rings (SSSR count). The molecule has 0 bridgehead atoms. The van der Waals surface area contributed by atoms with Gasteiger partial charge in [-0.2, -0.15) is 0 Å². The number of halogens is 1. The van der Waals surface area contributed by atoms with Gasteiger partial charge in [0.05, 0.1) is 17.4 Å². The molecule has 7 heteroatoms. The van der Waals surface area contributed by atoms with Crippen LogP contribution < -0.4 is 10.2 Å². The normalized spacial score (nSPS) is 17.6. The molecule has 1 fully saturated rings. The van der Waals surface area contributed by atoms with Crippen LogP contribution in [0.4, 0.5) is 5.69 Å². The predicted octanol–water partition coefficient (Wildman–Crippen LogP) is 6.56. The summed E-state index contributed by atoms with van der Waals surface area (Å²) in [6, 6.07) is 29.1. The molecule has 3 aromatic carbocycles. The Labute approximate surface area is 213 Å². The number of phenolic OH excluding ortho intramolecular Hbond substituents is 1. The van der Waals surface area contributed by atoms with E-state index in [9.17, 15) is 5.11 Å². The smallest absolute Gasteiger partial charge is 0.174 e. The Morgan fingerprint density at radius 1 is 0.886 bits per heavy atom. The highest BCUT2D eigenvalue weighted by atomic mass is 35.5. The fraction of sp³-hybridized carbons (Fsp3) is 0.0714. The van der Waals surface area contributed by atoms with E-state index < -0.39 is 0 Å². The number of thiocarbonyl (C=S) groups is 1. The van der Waals surface area contributed by atoms with Crippen molar-refractivity contribution in [1.29, 1.82) is 0 Å². The molecular formula is C28H21ClN4OS. The summed E-state index contributed by atoms with van der Waals surface area (Å²) in [6.07, 6.45) is 3.82. The number of hydrogen-bond donors (Lipinski definition) is 2. The van der Waals surface area contributed by atoms with Crippen molar-refractivity contribution in [1.82, 2.24) is 14.9 Å². The van der Waals surface area contributed by atoms with Gasteiger partial charge in [-0.15, -0.1) is 0 Å². The molecule has 5 aromatic rings. The van der Waals surface area contributed by atoms with Gasteiger partial charge in [-0.25, -0.2) is 0 Å². The number of phenols is 1. The Balaban J connectivity index is 1.54. The van der Waals surface area contributed by atoms with Crippen LogP contribution in [0.1, 0.15) is 23.5 Å². The molecule has 0 aliphatic carbocycles. The molecule has 0 radical (unpaired) electrons. The van der Waals surface area contributed by atoms with E-state index >= 15 is 0 Å². The molecular weight excluding hydrogens is 476 g/mol. The van der Waals surface area contributed by atoms with Crippen LogP contribution in [0.25, 0.3) is 16.5 Å². The molecule has 0 unspecified atom stereocenters. The quantitative estimate of drug-likeness (QED) is 0.276. The number of anilines is 1. The molecule has 0 amide bonds. The average molecular weight is 497 g/mol. The van der Waals surface area contributed by atoms with E-state index in [0.717, 1.165) is 22.5 Å². The van der Waals surface area contributed by atoms with Crippen LogP contribution in [-0.4, -0.2) is 19.8 Å². The topological polar surface area (TPSA) is 53.3 Å². The lowest BCUT2D eigenvalue weighted by Crippen LogP contribution is -2.30. The summed E-state index contributed by atoms with van der Waals surface area (Å²) in [5.74, 6) is 0.106. The number of aromatic nitrogens is 2. The Hall–Kier alpha value is -3.87. The second-order valence-corrected chi connectivity index (χ2v) is 9.29.